The van der Waals surface area contributed by atoms with Crippen LogP contribution in [0, 0.1) is 0 Å². The van der Waals surface area contributed by atoms with Crippen molar-refractivity contribution in [3.05, 3.63) is 35.8 Å². The molecule has 0 bridgehead atoms. The van der Waals surface area contributed by atoms with Crippen molar-refractivity contribution >= 4 is 33.9 Å². The molecular weight excluding hydrogens is 366 g/mol. The fourth-order valence-corrected chi connectivity index (χ4v) is 2.97. The van der Waals surface area contributed by atoms with Crippen LogP contribution in [0.3, 0.4) is 0 Å². The van der Waals surface area contributed by atoms with Gasteiger partial charge in [-0.2, -0.15) is 19.3 Å². The lowest BCUT2D eigenvalue weighted by Crippen LogP contribution is -2.06. The third-order valence-electron chi connectivity index (χ3n) is 4.24. The molecule has 0 unspecified atom stereocenters. The molecule has 0 aliphatic rings. The second kappa shape index (κ2) is 6.06. The number of aromatic nitrogens is 9. The Hall–Kier alpha value is -3.93. The lowest BCUT2D eigenvalue weighted by molar-refractivity contribution is -0.139. The first-order chi connectivity index (χ1) is 13.7. The summed E-state index contributed by atoms with van der Waals surface area (Å²) in [6, 6.07) is 7.53. The van der Waals surface area contributed by atoms with Crippen LogP contribution in [0.4, 0.5) is 0 Å². The standard InChI is InChI=1S/C16H13N9O3/c1-28-12(27)6-10-13-14(25-16(21-20-13)19-11(7-26)23-25)24(22-10)15-17-8-4-2-3-5-9(8)18-15/h2-5,26H,6-7H2,1H3,(H,17,18). The molecule has 5 rings (SSSR count). The topological polar surface area (TPSA) is 149 Å². The number of aliphatic hydroxyl groups is 1. The quantitative estimate of drug-likeness (QED) is 0.410. The number of para-hydroxylation sites is 2. The van der Waals surface area contributed by atoms with Crippen molar-refractivity contribution < 1.29 is 14.6 Å². The summed E-state index contributed by atoms with van der Waals surface area (Å²) in [4.78, 5) is 23.7. The molecule has 0 spiro atoms. The molecule has 0 atom stereocenters. The van der Waals surface area contributed by atoms with Crippen LogP contribution in [-0.2, 0) is 22.6 Å². The van der Waals surface area contributed by atoms with Crippen molar-refractivity contribution in [1.29, 1.82) is 0 Å². The van der Waals surface area contributed by atoms with Gasteiger partial charge in [0.1, 0.15) is 12.3 Å². The summed E-state index contributed by atoms with van der Waals surface area (Å²) >= 11 is 0. The molecule has 5 aromatic rings. The van der Waals surface area contributed by atoms with Crippen LogP contribution in [0.2, 0.25) is 0 Å². The predicted octanol–water partition coefficient (Wildman–Crippen LogP) is -0.0577. The molecule has 0 aliphatic heterocycles. The summed E-state index contributed by atoms with van der Waals surface area (Å²) in [7, 11) is 1.30. The Labute approximate surface area is 155 Å². The molecule has 1 aromatic carbocycles. The maximum absolute atomic E-state index is 11.8. The number of benzene rings is 1. The number of aromatic amines is 1. The number of esters is 1. The van der Waals surface area contributed by atoms with Gasteiger partial charge in [0.15, 0.2) is 17.0 Å². The Balaban J connectivity index is 1.82. The number of carbonyl (C=O) groups is 1. The van der Waals surface area contributed by atoms with Crippen molar-refractivity contribution in [3.63, 3.8) is 0 Å². The molecule has 12 heteroatoms. The van der Waals surface area contributed by atoms with Gasteiger partial charge in [-0.1, -0.05) is 12.1 Å². The number of nitrogens with zero attached hydrogens (tertiary/aromatic N) is 8. The molecule has 4 aromatic heterocycles. The number of H-pyrrole nitrogens is 1. The molecule has 12 nitrogen and oxygen atoms in total. The van der Waals surface area contributed by atoms with Crippen molar-refractivity contribution in [3.8, 4) is 5.95 Å². The average molecular weight is 379 g/mol. The fraction of sp³-hybridized carbons (Fsp3) is 0.188. The van der Waals surface area contributed by atoms with E-state index in [1.807, 2.05) is 24.3 Å². The molecule has 0 aliphatic carbocycles. The predicted molar refractivity (Wildman–Crippen MR) is 94.5 cm³/mol. The number of carbonyl (C=O) groups excluding carboxylic acids is 1. The molecule has 4 heterocycles. The van der Waals surface area contributed by atoms with E-state index >= 15 is 0 Å². The molecular formula is C16H13N9O3. The summed E-state index contributed by atoms with van der Waals surface area (Å²) in [5, 5.41) is 26.3. The number of imidazole rings is 1. The SMILES string of the molecule is COC(=O)Cc1nn(-c2nc3ccccc3[nH]2)c2c1nnc1nc(CO)nn12. The smallest absolute Gasteiger partial charge is 0.311 e. The van der Waals surface area contributed by atoms with Crippen LogP contribution in [-0.4, -0.2) is 62.7 Å². The first-order valence-electron chi connectivity index (χ1n) is 8.30. The van der Waals surface area contributed by atoms with Crippen LogP contribution in [0.15, 0.2) is 24.3 Å². The lowest BCUT2D eigenvalue weighted by atomic mass is 10.3. The van der Waals surface area contributed by atoms with E-state index in [4.69, 9.17) is 4.74 Å². The number of rotatable bonds is 4. The van der Waals surface area contributed by atoms with Crippen molar-refractivity contribution in [2.24, 2.45) is 0 Å². The van der Waals surface area contributed by atoms with Crippen LogP contribution in [0.5, 0.6) is 0 Å². The van der Waals surface area contributed by atoms with E-state index in [0.29, 0.717) is 22.8 Å². The minimum Gasteiger partial charge on any atom is -0.469 e. The lowest BCUT2D eigenvalue weighted by Gasteiger charge is -1.99. The van der Waals surface area contributed by atoms with Gasteiger partial charge in [-0.3, -0.25) is 4.79 Å². The van der Waals surface area contributed by atoms with Crippen LogP contribution >= 0.6 is 0 Å². The molecule has 140 valence electrons. The molecule has 0 fully saturated rings. The van der Waals surface area contributed by atoms with E-state index in [1.165, 1.54) is 16.3 Å². The van der Waals surface area contributed by atoms with E-state index in [2.05, 4.69) is 35.3 Å². The van der Waals surface area contributed by atoms with Gasteiger partial charge >= 0.3 is 5.97 Å². The maximum atomic E-state index is 11.8. The highest BCUT2D eigenvalue weighted by molar-refractivity contribution is 5.83. The first kappa shape index (κ1) is 16.3. The third-order valence-corrected chi connectivity index (χ3v) is 4.24. The molecule has 0 saturated heterocycles. The van der Waals surface area contributed by atoms with Gasteiger partial charge in [-0.15, -0.1) is 15.3 Å². The van der Waals surface area contributed by atoms with Gasteiger partial charge in [0.05, 0.1) is 24.6 Å². The highest BCUT2D eigenvalue weighted by atomic mass is 16.5. The van der Waals surface area contributed by atoms with Gasteiger partial charge in [0.2, 0.25) is 5.95 Å². The normalized spacial score (nSPS) is 11.6. The van der Waals surface area contributed by atoms with E-state index in [0.717, 1.165) is 11.0 Å². The number of hydrogen-bond acceptors (Lipinski definition) is 9. The molecule has 2 N–H and O–H groups in total. The summed E-state index contributed by atoms with van der Waals surface area (Å²) in [5.74, 6) is 0.331. The Kier molecular flexibility index (Phi) is 3.52. The molecule has 0 amide bonds. The first-order valence-corrected chi connectivity index (χ1v) is 8.30. The number of hydrogen-bond donors (Lipinski definition) is 2. The highest BCUT2D eigenvalue weighted by Crippen LogP contribution is 2.21. The van der Waals surface area contributed by atoms with Crippen molar-refractivity contribution in [1.82, 2.24) is 44.5 Å². The van der Waals surface area contributed by atoms with Crippen LogP contribution < -0.4 is 0 Å². The van der Waals surface area contributed by atoms with Gasteiger partial charge in [0, 0.05) is 0 Å². The molecule has 28 heavy (non-hydrogen) atoms. The largest absolute Gasteiger partial charge is 0.469 e. The maximum Gasteiger partial charge on any atom is 0.311 e. The number of nitrogens with one attached hydrogen (secondary N) is 1. The zero-order chi connectivity index (χ0) is 19.3. The Morgan fingerprint density at radius 3 is 2.86 bits per heavy atom. The van der Waals surface area contributed by atoms with E-state index < -0.39 is 5.97 Å². The minimum absolute atomic E-state index is 0.0953. The zero-order valence-corrected chi connectivity index (χ0v) is 14.6. The summed E-state index contributed by atoms with van der Waals surface area (Å²) in [6.45, 7) is -0.349. The second-order valence-corrected chi connectivity index (χ2v) is 5.96. The monoisotopic (exact) mass is 379 g/mol. The van der Waals surface area contributed by atoms with Crippen LogP contribution in [0.1, 0.15) is 11.5 Å². The third kappa shape index (κ3) is 2.39. The van der Waals surface area contributed by atoms with Crippen molar-refractivity contribution in [2.45, 2.75) is 13.0 Å². The van der Waals surface area contributed by atoms with Gasteiger partial charge in [-0.05, 0) is 12.1 Å². The van der Waals surface area contributed by atoms with Crippen molar-refractivity contribution in [2.75, 3.05) is 7.11 Å². The average Bonchev–Trinajstić information content (AvgIpc) is 3.41. The number of aliphatic hydroxyl groups excluding tert-OH is 1. The zero-order valence-electron chi connectivity index (χ0n) is 14.6. The Bertz CT molecular complexity index is 1320. The fourth-order valence-electron chi connectivity index (χ4n) is 2.97. The Morgan fingerprint density at radius 2 is 2.07 bits per heavy atom. The van der Waals surface area contributed by atoms with Gasteiger partial charge in [-0.25, -0.2) is 4.98 Å². The Morgan fingerprint density at radius 1 is 1.21 bits per heavy atom. The molecule has 0 radical (unpaired) electrons. The van der Waals surface area contributed by atoms with Gasteiger partial charge in [0.25, 0.3) is 5.78 Å². The summed E-state index contributed by atoms with van der Waals surface area (Å²) in [5.41, 5.74) is 2.70. The number of ether oxygens (including phenoxy) is 1. The van der Waals surface area contributed by atoms with Crippen LogP contribution in [0.25, 0.3) is 33.9 Å². The van der Waals surface area contributed by atoms with E-state index in [-0.39, 0.29) is 24.6 Å². The minimum atomic E-state index is -0.465. The van der Waals surface area contributed by atoms with E-state index in [9.17, 15) is 9.90 Å². The molecule has 0 saturated carbocycles. The second-order valence-electron chi connectivity index (χ2n) is 5.96. The summed E-state index contributed by atoms with van der Waals surface area (Å²) in [6.07, 6.45) is -0.0953. The van der Waals surface area contributed by atoms with E-state index in [1.54, 1.807) is 0 Å². The number of methoxy groups -OCH3 is 1. The van der Waals surface area contributed by atoms with Gasteiger partial charge < -0.3 is 14.8 Å². The number of fused-ring (bicyclic) bond motifs is 4. The summed E-state index contributed by atoms with van der Waals surface area (Å²) < 4.78 is 7.65. The highest BCUT2D eigenvalue weighted by Gasteiger charge is 2.23.